The number of anilines is 1. The van der Waals surface area contributed by atoms with E-state index in [-0.39, 0.29) is 17.8 Å². The van der Waals surface area contributed by atoms with Crippen molar-refractivity contribution in [1.29, 1.82) is 0 Å². The van der Waals surface area contributed by atoms with Gasteiger partial charge < -0.3 is 15.7 Å². The zero-order valence-corrected chi connectivity index (χ0v) is 19.5. The summed E-state index contributed by atoms with van der Waals surface area (Å²) in [5.74, 6) is 4.99. The summed E-state index contributed by atoms with van der Waals surface area (Å²) < 4.78 is 0. The molecule has 0 spiro atoms. The number of carboxylic acid groups (broad SMARTS) is 1. The van der Waals surface area contributed by atoms with Gasteiger partial charge in [0.2, 0.25) is 11.8 Å². The van der Waals surface area contributed by atoms with Crippen molar-refractivity contribution in [2.45, 2.75) is 58.3 Å². The van der Waals surface area contributed by atoms with Crippen molar-refractivity contribution in [3.8, 4) is 11.1 Å². The summed E-state index contributed by atoms with van der Waals surface area (Å²) in [4.78, 5) is 30.1. The van der Waals surface area contributed by atoms with Gasteiger partial charge in [-0.05, 0) is 36.8 Å². The number of nitrogens with zero attached hydrogens (tertiary/aromatic N) is 3. The van der Waals surface area contributed by atoms with Crippen molar-refractivity contribution in [2.24, 2.45) is 22.2 Å². The minimum Gasteiger partial charge on any atom is -0.480 e. The van der Waals surface area contributed by atoms with Crippen molar-refractivity contribution in [1.82, 2.24) is 9.97 Å². The quantitative estimate of drug-likeness (QED) is 0.321. The predicted molar refractivity (Wildman–Crippen MR) is 129 cm³/mol. The van der Waals surface area contributed by atoms with E-state index in [1.54, 1.807) is 12.4 Å². The molecule has 1 unspecified atom stereocenters. The average molecular weight is 452 g/mol. The molecule has 0 aliphatic heterocycles. The van der Waals surface area contributed by atoms with E-state index in [2.05, 4.69) is 35.4 Å². The largest absolute Gasteiger partial charge is 0.480 e. The third-order valence-corrected chi connectivity index (χ3v) is 7.12. The first-order valence-corrected chi connectivity index (χ1v) is 11.2. The highest BCUT2D eigenvalue weighted by molar-refractivity contribution is 6.02. The molecule has 1 heterocycles. The maximum absolute atomic E-state index is 12.2. The first-order chi connectivity index (χ1) is 15.6. The van der Waals surface area contributed by atoms with Crippen LogP contribution in [0.2, 0.25) is 0 Å². The lowest BCUT2D eigenvalue weighted by atomic mass is 9.70. The Morgan fingerprint density at radius 1 is 1.15 bits per heavy atom. The Morgan fingerprint density at radius 2 is 1.73 bits per heavy atom. The molecule has 1 atom stereocenters. The van der Waals surface area contributed by atoms with Gasteiger partial charge in [0.15, 0.2) is 0 Å². The lowest BCUT2D eigenvalue weighted by Gasteiger charge is -2.37. The average Bonchev–Trinajstić information content (AvgIpc) is 2.82. The highest BCUT2D eigenvalue weighted by Crippen LogP contribution is 2.43. The topological polar surface area (TPSA) is 137 Å². The van der Waals surface area contributed by atoms with E-state index in [9.17, 15) is 9.90 Å². The molecule has 1 saturated carbocycles. The fourth-order valence-electron chi connectivity index (χ4n) is 4.49. The van der Waals surface area contributed by atoms with Gasteiger partial charge in [-0.25, -0.2) is 15.0 Å². The predicted octanol–water partition coefficient (Wildman–Crippen LogP) is 4.48. The molecule has 2 aromatic rings. The normalized spacial score (nSPS) is 17.9. The van der Waals surface area contributed by atoms with Crippen LogP contribution in [0.3, 0.4) is 0 Å². The van der Waals surface area contributed by atoms with Crippen LogP contribution in [0.4, 0.5) is 5.95 Å². The lowest BCUT2D eigenvalue weighted by molar-refractivity contribution is -0.147. The highest BCUT2D eigenvalue weighted by atomic mass is 16.6. The fourth-order valence-corrected chi connectivity index (χ4v) is 4.49. The fraction of sp³-hybridized carbons (Fsp3) is 0.440. The summed E-state index contributed by atoms with van der Waals surface area (Å²) in [5, 5.41) is 10.0. The van der Waals surface area contributed by atoms with Crippen molar-refractivity contribution in [2.75, 3.05) is 5.73 Å². The van der Waals surface area contributed by atoms with Gasteiger partial charge in [-0.3, -0.25) is 4.79 Å². The SMILES string of the molecule is C=C(/N=C(\ON)C1(C(=O)O)CCCCC1)C(C)(c1ccc(-c2cnc(N)nc2)cc1)C(C)C. The van der Waals surface area contributed by atoms with Crippen molar-refractivity contribution < 1.29 is 14.7 Å². The Balaban J connectivity index is 1.98. The van der Waals surface area contributed by atoms with Crippen LogP contribution in [0.1, 0.15) is 58.4 Å². The number of aromatic nitrogens is 2. The van der Waals surface area contributed by atoms with Gasteiger partial charge in [-0.15, -0.1) is 0 Å². The Hall–Kier alpha value is -3.26. The third kappa shape index (κ3) is 4.61. The smallest absolute Gasteiger partial charge is 0.319 e. The maximum atomic E-state index is 12.2. The molecule has 1 aromatic carbocycles. The second-order valence-electron chi connectivity index (χ2n) is 9.19. The summed E-state index contributed by atoms with van der Waals surface area (Å²) in [6, 6.07) is 8.01. The summed E-state index contributed by atoms with van der Waals surface area (Å²) >= 11 is 0. The Labute approximate surface area is 194 Å². The molecular weight excluding hydrogens is 418 g/mol. The van der Waals surface area contributed by atoms with Gasteiger partial charge in [0.25, 0.3) is 0 Å². The molecule has 0 saturated heterocycles. The zero-order valence-electron chi connectivity index (χ0n) is 19.5. The molecule has 3 rings (SSSR count). The van der Waals surface area contributed by atoms with E-state index in [1.165, 1.54) is 0 Å². The van der Waals surface area contributed by atoms with Crippen LogP contribution in [0.5, 0.6) is 0 Å². The van der Waals surface area contributed by atoms with Crippen LogP contribution in [-0.2, 0) is 15.0 Å². The van der Waals surface area contributed by atoms with Crippen LogP contribution < -0.4 is 11.6 Å². The number of carbonyl (C=O) groups is 1. The Bertz CT molecular complexity index is 1030. The van der Waals surface area contributed by atoms with Gasteiger partial charge in [-0.2, -0.15) is 5.90 Å². The van der Waals surface area contributed by atoms with Gasteiger partial charge >= 0.3 is 5.97 Å². The second-order valence-corrected chi connectivity index (χ2v) is 9.19. The van der Waals surface area contributed by atoms with Gasteiger partial charge in [-0.1, -0.05) is 64.0 Å². The molecule has 1 aliphatic rings. The number of hydrogen-bond acceptors (Lipinski definition) is 7. The highest BCUT2D eigenvalue weighted by Gasteiger charge is 2.47. The minimum atomic E-state index is -1.22. The van der Waals surface area contributed by atoms with Crippen molar-refractivity contribution in [3.05, 3.63) is 54.5 Å². The van der Waals surface area contributed by atoms with Crippen LogP contribution in [0.25, 0.3) is 11.1 Å². The van der Waals surface area contributed by atoms with E-state index >= 15 is 0 Å². The molecule has 1 fully saturated rings. The molecule has 1 aromatic heterocycles. The monoisotopic (exact) mass is 451 g/mol. The summed E-state index contributed by atoms with van der Waals surface area (Å²) in [7, 11) is 0. The number of allylic oxidation sites excluding steroid dienone is 1. The molecule has 0 radical (unpaired) electrons. The summed E-state index contributed by atoms with van der Waals surface area (Å²) in [5.41, 5.74) is 7.11. The Kier molecular flexibility index (Phi) is 7.17. The molecule has 8 heteroatoms. The summed E-state index contributed by atoms with van der Waals surface area (Å²) in [6.45, 7) is 10.5. The van der Waals surface area contributed by atoms with Crippen LogP contribution in [-0.4, -0.2) is 26.9 Å². The van der Waals surface area contributed by atoms with Crippen molar-refractivity contribution >= 4 is 17.8 Å². The first-order valence-electron chi connectivity index (χ1n) is 11.2. The molecule has 0 bridgehead atoms. The molecule has 33 heavy (non-hydrogen) atoms. The number of hydrogen-bond donors (Lipinski definition) is 3. The number of rotatable bonds is 7. The molecule has 1 aliphatic carbocycles. The number of nitrogens with two attached hydrogens (primary N) is 2. The van der Waals surface area contributed by atoms with Gasteiger partial charge in [0, 0.05) is 29.1 Å². The van der Waals surface area contributed by atoms with Crippen LogP contribution in [0.15, 0.2) is 53.9 Å². The second kappa shape index (κ2) is 9.70. The number of aliphatic carboxylic acids is 1. The number of aliphatic imine (C=N–C) groups is 1. The van der Waals surface area contributed by atoms with E-state index < -0.39 is 16.8 Å². The maximum Gasteiger partial charge on any atom is 0.319 e. The number of nitrogen functional groups attached to an aromatic ring is 1. The molecule has 8 nitrogen and oxygen atoms in total. The molecule has 0 amide bonds. The summed E-state index contributed by atoms with van der Waals surface area (Å²) in [6.07, 6.45) is 6.83. The molecule has 176 valence electrons. The minimum absolute atomic E-state index is 0.0298. The van der Waals surface area contributed by atoms with Crippen LogP contribution in [0, 0.1) is 11.3 Å². The zero-order chi connectivity index (χ0) is 24.2. The van der Waals surface area contributed by atoms with Gasteiger partial charge in [0.05, 0.1) is 0 Å². The van der Waals surface area contributed by atoms with E-state index in [4.69, 9.17) is 16.5 Å². The van der Waals surface area contributed by atoms with E-state index in [0.29, 0.717) is 18.5 Å². The van der Waals surface area contributed by atoms with Crippen LogP contribution >= 0.6 is 0 Å². The van der Waals surface area contributed by atoms with Crippen molar-refractivity contribution in [3.63, 3.8) is 0 Å². The van der Waals surface area contributed by atoms with Gasteiger partial charge in [0.1, 0.15) is 5.41 Å². The van der Waals surface area contributed by atoms with E-state index in [0.717, 1.165) is 36.0 Å². The molecular formula is C25H33N5O3. The molecule has 5 N–H and O–H groups in total. The lowest BCUT2D eigenvalue weighted by Crippen LogP contribution is -2.44. The standard InChI is InChI=1S/C25H33N5O3/c1-16(2)24(4,20-10-8-18(9-11-20)19-14-28-23(26)29-15-19)17(3)30-21(33-27)25(22(31)32)12-6-5-7-13-25/h8-11,14-16H,3,5-7,12-13,27H2,1-2,4H3,(H,31,32)(H2,26,28,29)/b30-21-. The Morgan fingerprint density at radius 3 is 2.21 bits per heavy atom. The van der Waals surface area contributed by atoms with E-state index in [1.807, 2.05) is 31.2 Å². The number of carboxylic acids is 1. The number of benzene rings is 1. The first kappa shape index (κ1) is 24.4. The third-order valence-electron chi connectivity index (χ3n) is 7.12.